The van der Waals surface area contributed by atoms with Gasteiger partial charge in [0.2, 0.25) is 11.9 Å². The molecule has 0 aromatic carbocycles. The van der Waals surface area contributed by atoms with Crippen LogP contribution in [0.4, 0.5) is 11.9 Å². The summed E-state index contributed by atoms with van der Waals surface area (Å²) in [6.45, 7) is 13.5. The maximum Gasteiger partial charge on any atom is 0.323 e. The van der Waals surface area contributed by atoms with Gasteiger partial charge in [-0.1, -0.05) is 27.7 Å². The number of anilines is 2. The van der Waals surface area contributed by atoms with Crippen molar-refractivity contribution >= 4 is 11.9 Å². The number of hydrogen-bond donors (Lipinski definition) is 2. The second kappa shape index (κ2) is 7.26. The molecule has 0 aliphatic carbocycles. The summed E-state index contributed by atoms with van der Waals surface area (Å²) in [5, 5.41) is 3.24. The van der Waals surface area contributed by atoms with Crippen molar-refractivity contribution in [2.24, 2.45) is 17.8 Å². The molecule has 0 amide bonds. The van der Waals surface area contributed by atoms with Crippen LogP contribution in [-0.4, -0.2) is 27.6 Å². The summed E-state index contributed by atoms with van der Waals surface area (Å²) >= 11 is 0. The third-order valence-electron chi connectivity index (χ3n) is 3.18. The minimum atomic E-state index is 0.00345. The van der Waals surface area contributed by atoms with E-state index in [1.165, 1.54) is 0 Å². The van der Waals surface area contributed by atoms with Gasteiger partial charge >= 0.3 is 6.01 Å². The number of hydrogen-bond acceptors (Lipinski definition) is 6. The summed E-state index contributed by atoms with van der Waals surface area (Å²) in [7, 11) is 0. The summed E-state index contributed by atoms with van der Waals surface area (Å²) in [6, 6.07) is 0.264. The van der Waals surface area contributed by atoms with Gasteiger partial charge in [-0.25, -0.2) is 0 Å². The topological polar surface area (TPSA) is 86.0 Å². The molecule has 0 aliphatic heterocycles. The molecule has 1 heterocycles. The molecule has 0 bridgehead atoms. The smallest absolute Gasteiger partial charge is 0.323 e. The first-order valence-corrected chi connectivity index (χ1v) is 7.21. The van der Waals surface area contributed by atoms with Gasteiger partial charge in [-0.3, -0.25) is 0 Å². The first-order valence-electron chi connectivity index (χ1n) is 7.21. The van der Waals surface area contributed by atoms with Gasteiger partial charge in [0, 0.05) is 6.54 Å². The average molecular weight is 281 g/mol. The monoisotopic (exact) mass is 281 g/mol. The third kappa shape index (κ3) is 5.19. The molecule has 0 fully saturated rings. The van der Waals surface area contributed by atoms with Crippen molar-refractivity contribution in [3.8, 4) is 6.01 Å². The Bertz CT molecular complexity index is 412. The number of aromatic nitrogens is 3. The number of rotatable bonds is 7. The number of nitrogens with zero attached hydrogens (tertiary/aromatic N) is 3. The van der Waals surface area contributed by atoms with E-state index >= 15 is 0 Å². The Labute approximate surface area is 121 Å². The van der Waals surface area contributed by atoms with Gasteiger partial charge in [0.25, 0.3) is 0 Å². The molecule has 6 nitrogen and oxygen atoms in total. The van der Waals surface area contributed by atoms with Crippen LogP contribution >= 0.6 is 0 Å². The molecule has 0 radical (unpaired) electrons. The van der Waals surface area contributed by atoms with E-state index in [0.29, 0.717) is 23.7 Å². The van der Waals surface area contributed by atoms with Crippen molar-refractivity contribution < 1.29 is 4.74 Å². The van der Waals surface area contributed by atoms with Crippen molar-refractivity contribution in [2.45, 2.75) is 47.6 Å². The van der Waals surface area contributed by atoms with E-state index in [1.807, 2.05) is 13.8 Å². The minimum absolute atomic E-state index is 0.00345. The second-order valence-corrected chi connectivity index (χ2v) is 6.00. The van der Waals surface area contributed by atoms with Gasteiger partial charge in [-0.2, -0.15) is 15.0 Å². The van der Waals surface area contributed by atoms with E-state index in [2.05, 4.69) is 48.0 Å². The van der Waals surface area contributed by atoms with Gasteiger partial charge in [0.05, 0.1) is 6.10 Å². The normalized spacial score (nSPS) is 11.7. The van der Waals surface area contributed by atoms with Crippen molar-refractivity contribution in [2.75, 3.05) is 17.6 Å². The molecule has 1 rings (SSSR count). The summed E-state index contributed by atoms with van der Waals surface area (Å²) in [5.41, 5.74) is 5.68. The van der Waals surface area contributed by atoms with Crippen molar-refractivity contribution in [3.05, 3.63) is 0 Å². The maximum atomic E-state index is 5.68. The Morgan fingerprint density at radius 3 is 2.10 bits per heavy atom. The second-order valence-electron chi connectivity index (χ2n) is 6.00. The predicted molar refractivity (Wildman–Crippen MR) is 81.7 cm³/mol. The van der Waals surface area contributed by atoms with Crippen molar-refractivity contribution in [3.63, 3.8) is 0 Å². The highest BCUT2D eigenvalue weighted by atomic mass is 16.5. The van der Waals surface area contributed by atoms with Crippen LogP contribution in [0.15, 0.2) is 0 Å². The lowest BCUT2D eigenvalue weighted by atomic mass is 9.85. The zero-order chi connectivity index (χ0) is 15.3. The molecule has 6 heteroatoms. The molecule has 1 aromatic heterocycles. The summed E-state index contributed by atoms with van der Waals surface area (Å²) < 4.78 is 5.46. The van der Waals surface area contributed by atoms with Crippen molar-refractivity contribution in [1.29, 1.82) is 0 Å². The van der Waals surface area contributed by atoms with Crippen LogP contribution in [0.2, 0.25) is 0 Å². The largest absolute Gasteiger partial charge is 0.461 e. The van der Waals surface area contributed by atoms with Gasteiger partial charge in [-0.05, 0) is 31.6 Å². The highest BCUT2D eigenvalue weighted by molar-refractivity contribution is 5.32. The van der Waals surface area contributed by atoms with E-state index in [-0.39, 0.29) is 18.1 Å². The standard InChI is InChI=1S/C14H27N5O/c1-8(2)11(9(3)4)7-16-13-17-12(15)18-14(19-13)20-10(5)6/h8-11H,7H2,1-6H3,(H3,15,16,17,18,19). The molecule has 0 unspecified atom stereocenters. The first kappa shape index (κ1) is 16.5. The molecule has 0 aliphatic rings. The SMILES string of the molecule is CC(C)Oc1nc(N)nc(NCC(C(C)C)C(C)C)n1. The highest BCUT2D eigenvalue weighted by Gasteiger charge is 2.18. The molecule has 3 N–H and O–H groups in total. The van der Waals surface area contributed by atoms with Gasteiger partial charge < -0.3 is 15.8 Å². The van der Waals surface area contributed by atoms with Crippen LogP contribution < -0.4 is 15.8 Å². The number of nitrogens with two attached hydrogens (primary N) is 1. The average Bonchev–Trinajstić information content (AvgIpc) is 2.26. The Hall–Kier alpha value is -1.59. The summed E-state index contributed by atoms with van der Waals surface area (Å²) in [4.78, 5) is 12.3. The van der Waals surface area contributed by atoms with Gasteiger partial charge in [0.15, 0.2) is 0 Å². The first-order chi connectivity index (χ1) is 9.29. The Morgan fingerprint density at radius 2 is 1.60 bits per heavy atom. The Morgan fingerprint density at radius 1 is 1.00 bits per heavy atom. The lowest BCUT2D eigenvalue weighted by molar-refractivity contribution is 0.222. The zero-order valence-electron chi connectivity index (χ0n) is 13.3. The number of nitrogens with one attached hydrogen (secondary N) is 1. The lowest BCUT2D eigenvalue weighted by Gasteiger charge is -2.25. The van der Waals surface area contributed by atoms with Crippen LogP contribution in [0.1, 0.15) is 41.5 Å². The highest BCUT2D eigenvalue weighted by Crippen LogP contribution is 2.21. The number of nitrogen functional groups attached to an aromatic ring is 1. The molecule has 20 heavy (non-hydrogen) atoms. The quantitative estimate of drug-likeness (QED) is 0.799. The van der Waals surface area contributed by atoms with E-state index in [4.69, 9.17) is 10.5 Å². The zero-order valence-corrected chi connectivity index (χ0v) is 13.3. The van der Waals surface area contributed by atoms with E-state index in [0.717, 1.165) is 6.54 Å². The van der Waals surface area contributed by atoms with Crippen molar-refractivity contribution in [1.82, 2.24) is 15.0 Å². The molecule has 0 saturated heterocycles. The summed E-state index contributed by atoms with van der Waals surface area (Å²) in [5.74, 6) is 2.37. The number of ether oxygens (including phenoxy) is 1. The van der Waals surface area contributed by atoms with E-state index in [9.17, 15) is 0 Å². The predicted octanol–water partition coefficient (Wildman–Crippen LogP) is 2.58. The Balaban J connectivity index is 2.74. The molecule has 114 valence electrons. The third-order valence-corrected chi connectivity index (χ3v) is 3.18. The molecule has 0 spiro atoms. The minimum Gasteiger partial charge on any atom is -0.461 e. The van der Waals surface area contributed by atoms with Crippen LogP contribution in [0, 0.1) is 17.8 Å². The van der Waals surface area contributed by atoms with Crippen LogP contribution in [-0.2, 0) is 0 Å². The fraction of sp³-hybridized carbons (Fsp3) is 0.786. The van der Waals surface area contributed by atoms with Gasteiger partial charge in [-0.15, -0.1) is 0 Å². The lowest BCUT2D eigenvalue weighted by Crippen LogP contribution is -2.25. The fourth-order valence-corrected chi connectivity index (χ4v) is 2.17. The molecule has 1 aromatic rings. The maximum absolute atomic E-state index is 5.68. The van der Waals surface area contributed by atoms with E-state index in [1.54, 1.807) is 0 Å². The van der Waals surface area contributed by atoms with Crippen LogP contribution in [0.5, 0.6) is 6.01 Å². The van der Waals surface area contributed by atoms with Crippen LogP contribution in [0.3, 0.4) is 0 Å². The molecular formula is C14H27N5O. The molecular weight excluding hydrogens is 254 g/mol. The summed E-state index contributed by atoms with van der Waals surface area (Å²) in [6.07, 6.45) is 0.00345. The fourth-order valence-electron chi connectivity index (χ4n) is 2.17. The molecule has 0 saturated carbocycles. The van der Waals surface area contributed by atoms with Crippen LogP contribution in [0.25, 0.3) is 0 Å². The van der Waals surface area contributed by atoms with E-state index < -0.39 is 0 Å². The Kier molecular flexibility index (Phi) is 5.98. The van der Waals surface area contributed by atoms with Gasteiger partial charge in [0.1, 0.15) is 0 Å². The molecule has 0 atom stereocenters.